The average molecular weight is 687 g/mol. The molecule has 1 aromatic carbocycles. The van der Waals surface area contributed by atoms with Crippen molar-refractivity contribution in [3.8, 4) is 0 Å². The molecular weight excluding hydrogens is 637 g/mol. The van der Waals surface area contributed by atoms with Crippen molar-refractivity contribution in [1.29, 1.82) is 0 Å². The van der Waals surface area contributed by atoms with Gasteiger partial charge in [-0.05, 0) is 85.4 Å². The first kappa shape index (κ1) is 31.4. The van der Waals surface area contributed by atoms with E-state index in [1.807, 2.05) is 0 Å². The van der Waals surface area contributed by atoms with Crippen LogP contribution in [0.3, 0.4) is 0 Å². The van der Waals surface area contributed by atoms with E-state index in [1.54, 1.807) is 0 Å². The molecule has 4 nitrogen and oxygen atoms in total. The zero-order valence-corrected chi connectivity index (χ0v) is 30.0. The summed E-state index contributed by atoms with van der Waals surface area (Å²) in [6, 6.07) is 10.3. The van der Waals surface area contributed by atoms with Crippen LogP contribution >= 0.6 is 0 Å². The summed E-state index contributed by atoms with van der Waals surface area (Å²) in [5.74, 6) is 2.76. The molecule has 0 radical (unpaired) electrons. The molecule has 4 heteroatoms. The fraction of sp³-hybridized carbons (Fsp3) is 0.417. The molecule has 4 aliphatic heterocycles. The van der Waals surface area contributed by atoms with Crippen LogP contribution in [0.25, 0.3) is 0 Å². The van der Waals surface area contributed by atoms with E-state index in [0.29, 0.717) is 35.9 Å². The van der Waals surface area contributed by atoms with Gasteiger partial charge in [-0.15, -0.1) is 0 Å². The van der Waals surface area contributed by atoms with Crippen molar-refractivity contribution in [3.63, 3.8) is 0 Å². The van der Waals surface area contributed by atoms with Crippen molar-refractivity contribution in [3.05, 3.63) is 162 Å². The van der Waals surface area contributed by atoms with Crippen LogP contribution in [0, 0.1) is 29.1 Å². The first-order valence-corrected chi connectivity index (χ1v) is 20.2. The minimum absolute atomic E-state index is 0.0118. The van der Waals surface area contributed by atoms with Gasteiger partial charge in [-0.1, -0.05) is 115 Å². The highest BCUT2D eigenvalue weighted by Gasteiger charge is 2.64. The van der Waals surface area contributed by atoms with E-state index in [2.05, 4.69) is 144 Å². The number of nitrogens with one attached hydrogen (secondary N) is 1. The molecule has 12 atom stereocenters. The molecule has 0 aromatic heterocycles. The number of para-hydroxylation sites is 1. The highest BCUT2D eigenvalue weighted by atomic mass is 16.5. The second-order valence-electron chi connectivity index (χ2n) is 16.6. The number of fused-ring (bicyclic) bond motifs is 11. The Morgan fingerprint density at radius 1 is 0.731 bits per heavy atom. The molecular formula is C48H50N2O2. The lowest BCUT2D eigenvalue weighted by molar-refractivity contribution is -0.168. The number of anilines is 1. The van der Waals surface area contributed by atoms with Crippen LogP contribution in [0.5, 0.6) is 0 Å². The molecule has 6 aliphatic carbocycles. The first-order chi connectivity index (χ1) is 25.8. The minimum Gasteiger partial charge on any atom is -0.486 e. The van der Waals surface area contributed by atoms with Gasteiger partial charge in [0.15, 0.2) is 0 Å². The molecule has 4 heterocycles. The maximum absolute atomic E-state index is 7.21. The number of hydrogen-bond donors (Lipinski definition) is 1. The lowest BCUT2D eigenvalue weighted by Gasteiger charge is -2.63. The van der Waals surface area contributed by atoms with E-state index in [4.69, 9.17) is 9.47 Å². The van der Waals surface area contributed by atoms with Gasteiger partial charge in [-0.2, -0.15) is 0 Å². The fourth-order valence-corrected chi connectivity index (χ4v) is 12.2. The molecule has 10 aliphatic rings. The van der Waals surface area contributed by atoms with Crippen LogP contribution in [-0.4, -0.2) is 43.0 Å². The first-order valence-electron chi connectivity index (χ1n) is 20.2. The molecule has 52 heavy (non-hydrogen) atoms. The second kappa shape index (κ2) is 12.5. The average Bonchev–Trinajstić information content (AvgIpc) is 3.56. The van der Waals surface area contributed by atoms with Gasteiger partial charge in [-0.25, -0.2) is 0 Å². The smallest absolute Gasteiger partial charge is 0.124 e. The number of hydrogen-bond acceptors (Lipinski definition) is 4. The quantitative estimate of drug-likeness (QED) is 0.322. The van der Waals surface area contributed by atoms with E-state index in [-0.39, 0.29) is 35.6 Å². The summed E-state index contributed by atoms with van der Waals surface area (Å²) in [5.41, 5.74) is 7.12. The SMILES string of the molecule is C1=CCC(N2c3ccccc3C3C=CCC(C4=CC5C(C=C4)OC4=CCCC=C4C54C5C=CC(C6CC=CCN6)=CC5OC5C=CCCC54)[C@@H]32)C=C1. The Balaban J connectivity index is 1.04. The molecule has 1 N–H and O–H groups in total. The Bertz CT molecular complexity index is 1980. The zero-order chi connectivity index (χ0) is 34.2. The molecule has 264 valence electrons. The number of benzene rings is 1. The summed E-state index contributed by atoms with van der Waals surface area (Å²) in [4.78, 5) is 2.80. The van der Waals surface area contributed by atoms with E-state index < -0.39 is 0 Å². The summed E-state index contributed by atoms with van der Waals surface area (Å²) in [7, 11) is 0. The summed E-state index contributed by atoms with van der Waals surface area (Å²) in [5, 5.41) is 3.74. The van der Waals surface area contributed by atoms with Gasteiger partial charge in [0.05, 0.1) is 18.2 Å². The Labute approximate surface area is 309 Å². The molecule has 2 saturated heterocycles. The Kier molecular flexibility index (Phi) is 7.55. The van der Waals surface area contributed by atoms with Gasteiger partial charge in [-0.3, -0.25) is 0 Å². The van der Waals surface area contributed by atoms with Crippen molar-refractivity contribution in [2.24, 2.45) is 29.1 Å². The normalized spacial score (nSPS) is 41.8. The van der Waals surface area contributed by atoms with Crippen molar-refractivity contribution < 1.29 is 9.47 Å². The van der Waals surface area contributed by atoms with Crippen molar-refractivity contribution >= 4 is 5.69 Å². The molecule has 0 saturated carbocycles. The van der Waals surface area contributed by atoms with Gasteiger partial charge in [0, 0.05) is 59.3 Å². The summed E-state index contributed by atoms with van der Waals surface area (Å²) in [6.45, 7) is 0.929. The van der Waals surface area contributed by atoms with Crippen molar-refractivity contribution in [2.75, 3.05) is 11.4 Å². The van der Waals surface area contributed by atoms with Crippen LogP contribution in [0.1, 0.15) is 56.4 Å². The third kappa shape index (κ3) is 4.66. The molecule has 1 spiro atoms. The fourth-order valence-electron chi connectivity index (χ4n) is 12.2. The van der Waals surface area contributed by atoms with E-state index >= 15 is 0 Å². The number of rotatable bonds is 3. The number of allylic oxidation sites excluding steroid dienone is 8. The van der Waals surface area contributed by atoms with Crippen LogP contribution in [0.4, 0.5) is 5.69 Å². The summed E-state index contributed by atoms with van der Waals surface area (Å²) < 4.78 is 14.3. The maximum Gasteiger partial charge on any atom is 0.124 e. The lowest BCUT2D eigenvalue weighted by Crippen LogP contribution is -2.63. The molecule has 0 bridgehead atoms. The Morgan fingerprint density at radius 2 is 1.67 bits per heavy atom. The standard InChI is InChI=1S/C48H50N2O2/c1-2-13-33(14-3-1)50-42-21-7-4-15-35(42)36-17-12-16-34(47(36)50)31-25-27-45-40(29-31)48(37-18-5-8-22-43(37)51-45)38-19-6-9-23-44(38)52-46-30-32(24-26-39(46)48)41-20-10-11-28-49-41/h1-4,7,9-13,15,17-18,21-27,29-30,33-34,36,38-41,44-47,49H,5-6,8,14,16,19-20,28H2/t33?,34?,36?,38?,39?,40?,41?,44?,45?,46?,47-,48?/m0/s1. The molecule has 11 unspecified atom stereocenters. The third-order valence-corrected chi connectivity index (χ3v) is 14.2. The molecule has 11 rings (SSSR count). The largest absolute Gasteiger partial charge is 0.486 e. The van der Waals surface area contributed by atoms with Crippen molar-refractivity contribution in [1.82, 2.24) is 5.32 Å². The molecule has 1 aromatic rings. The number of ether oxygens (including phenoxy) is 2. The third-order valence-electron chi connectivity index (χ3n) is 14.2. The lowest BCUT2D eigenvalue weighted by atomic mass is 9.46. The van der Waals surface area contributed by atoms with E-state index in [9.17, 15) is 0 Å². The van der Waals surface area contributed by atoms with Gasteiger partial charge < -0.3 is 19.7 Å². The van der Waals surface area contributed by atoms with Crippen LogP contribution < -0.4 is 10.2 Å². The monoisotopic (exact) mass is 686 g/mol. The van der Waals surface area contributed by atoms with E-state index in [0.717, 1.165) is 57.2 Å². The van der Waals surface area contributed by atoms with Gasteiger partial charge in [0.1, 0.15) is 11.9 Å². The Hall–Kier alpha value is -4.12. The predicted molar refractivity (Wildman–Crippen MR) is 210 cm³/mol. The Morgan fingerprint density at radius 3 is 2.60 bits per heavy atom. The van der Waals surface area contributed by atoms with Gasteiger partial charge in [0.25, 0.3) is 0 Å². The molecule has 2 fully saturated rings. The van der Waals surface area contributed by atoms with E-state index in [1.165, 1.54) is 28.0 Å². The topological polar surface area (TPSA) is 33.7 Å². The highest BCUT2D eigenvalue weighted by Crippen LogP contribution is 2.66. The minimum atomic E-state index is -0.124. The van der Waals surface area contributed by atoms with Gasteiger partial charge >= 0.3 is 0 Å². The van der Waals surface area contributed by atoms with Gasteiger partial charge in [0.2, 0.25) is 0 Å². The summed E-state index contributed by atoms with van der Waals surface area (Å²) >= 11 is 0. The predicted octanol–water partition coefficient (Wildman–Crippen LogP) is 9.29. The molecule has 0 amide bonds. The van der Waals surface area contributed by atoms with Crippen LogP contribution in [0.15, 0.2) is 156 Å². The maximum atomic E-state index is 7.21. The van der Waals surface area contributed by atoms with Crippen molar-refractivity contribution in [2.45, 2.75) is 87.3 Å². The van der Waals surface area contributed by atoms with Crippen LogP contribution in [0.2, 0.25) is 0 Å². The highest BCUT2D eigenvalue weighted by molar-refractivity contribution is 5.66. The summed E-state index contributed by atoms with van der Waals surface area (Å²) in [6.07, 6.45) is 51.5. The van der Waals surface area contributed by atoms with Crippen LogP contribution in [-0.2, 0) is 9.47 Å². The number of nitrogens with zero attached hydrogens (tertiary/aromatic N) is 1. The second-order valence-corrected chi connectivity index (χ2v) is 16.6. The zero-order valence-electron chi connectivity index (χ0n) is 30.0.